The Balaban J connectivity index is 0.00000338. The van der Waals surface area contributed by atoms with Crippen molar-refractivity contribution in [3.05, 3.63) is 33.8 Å². The summed E-state index contributed by atoms with van der Waals surface area (Å²) in [5.41, 5.74) is 1.01. The quantitative estimate of drug-likeness (QED) is 0.250. The molecular formula is C18H28Cl2IN3O2. The van der Waals surface area contributed by atoms with Crippen molar-refractivity contribution in [2.45, 2.75) is 25.2 Å². The van der Waals surface area contributed by atoms with Gasteiger partial charge in [0.1, 0.15) is 0 Å². The lowest BCUT2D eigenvalue weighted by molar-refractivity contribution is 0.0514. The Hall–Kier alpha value is -0.280. The molecule has 0 aromatic heterocycles. The fourth-order valence-corrected chi connectivity index (χ4v) is 3.69. The van der Waals surface area contributed by atoms with Crippen LogP contribution in [0.1, 0.15) is 25.3 Å². The van der Waals surface area contributed by atoms with Crippen molar-refractivity contribution in [1.29, 1.82) is 0 Å². The summed E-state index contributed by atoms with van der Waals surface area (Å²) in [6, 6.07) is 5.74. The standard InChI is InChI=1S/C18H27Cl2N3O2.HI/c1-3-24-11-8-22-17(21-2)23-13-18(6-9-25-10-7-18)15-5-4-14(19)12-16(15)20;/h4-5,12H,3,6-11,13H2,1-2H3,(H2,21,22,23);1H. The first kappa shape index (κ1) is 23.8. The second-order valence-corrected chi connectivity index (χ2v) is 6.91. The Morgan fingerprint density at radius 1 is 1.27 bits per heavy atom. The predicted molar refractivity (Wildman–Crippen MR) is 119 cm³/mol. The van der Waals surface area contributed by atoms with E-state index in [1.807, 2.05) is 25.1 Å². The second kappa shape index (κ2) is 12.2. The van der Waals surface area contributed by atoms with Crippen molar-refractivity contribution in [1.82, 2.24) is 10.6 Å². The summed E-state index contributed by atoms with van der Waals surface area (Å²) in [5, 5.41) is 8.05. The maximum atomic E-state index is 6.50. The molecule has 0 spiro atoms. The topological polar surface area (TPSA) is 54.9 Å². The molecule has 148 valence electrons. The lowest BCUT2D eigenvalue weighted by atomic mass is 9.74. The van der Waals surface area contributed by atoms with E-state index >= 15 is 0 Å². The number of halogens is 3. The first-order chi connectivity index (χ1) is 12.1. The fourth-order valence-electron chi connectivity index (χ4n) is 3.08. The molecule has 5 nitrogen and oxygen atoms in total. The van der Waals surface area contributed by atoms with Gasteiger partial charge in [-0.2, -0.15) is 0 Å². The minimum absolute atomic E-state index is 0. The van der Waals surface area contributed by atoms with E-state index in [1.54, 1.807) is 7.05 Å². The van der Waals surface area contributed by atoms with E-state index in [2.05, 4.69) is 15.6 Å². The predicted octanol–water partition coefficient (Wildman–Crippen LogP) is 3.86. The fraction of sp³-hybridized carbons (Fsp3) is 0.611. The van der Waals surface area contributed by atoms with Crippen LogP contribution in [0.2, 0.25) is 10.0 Å². The zero-order valence-corrected chi connectivity index (χ0v) is 19.2. The Bertz CT molecular complexity index is 582. The minimum Gasteiger partial charge on any atom is -0.381 e. The summed E-state index contributed by atoms with van der Waals surface area (Å²) in [5.74, 6) is 0.760. The number of guanidine groups is 1. The van der Waals surface area contributed by atoms with E-state index < -0.39 is 0 Å². The van der Waals surface area contributed by atoms with Crippen LogP contribution in [0.25, 0.3) is 0 Å². The van der Waals surface area contributed by atoms with Gasteiger partial charge < -0.3 is 20.1 Å². The van der Waals surface area contributed by atoms with Gasteiger partial charge in [-0.25, -0.2) is 0 Å². The van der Waals surface area contributed by atoms with Gasteiger partial charge in [-0.15, -0.1) is 24.0 Å². The number of ether oxygens (including phenoxy) is 2. The van der Waals surface area contributed by atoms with E-state index in [0.29, 0.717) is 29.8 Å². The van der Waals surface area contributed by atoms with Gasteiger partial charge in [0.25, 0.3) is 0 Å². The van der Waals surface area contributed by atoms with Crippen molar-refractivity contribution < 1.29 is 9.47 Å². The highest BCUT2D eigenvalue weighted by Crippen LogP contribution is 2.39. The van der Waals surface area contributed by atoms with Gasteiger partial charge in [0.15, 0.2) is 5.96 Å². The molecule has 1 fully saturated rings. The van der Waals surface area contributed by atoms with E-state index in [9.17, 15) is 0 Å². The van der Waals surface area contributed by atoms with Gasteiger partial charge in [-0.3, -0.25) is 4.99 Å². The number of nitrogens with zero attached hydrogens (tertiary/aromatic N) is 1. The third kappa shape index (κ3) is 6.71. The van der Waals surface area contributed by atoms with Crippen LogP contribution in [0.5, 0.6) is 0 Å². The highest BCUT2D eigenvalue weighted by atomic mass is 127. The van der Waals surface area contributed by atoms with Crippen molar-refractivity contribution in [3.63, 3.8) is 0 Å². The number of hydrogen-bond donors (Lipinski definition) is 2. The third-order valence-electron chi connectivity index (χ3n) is 4.51. The molecule has 26 heavy (non-hydrogen) atoms. The molecule has 1 aliphatic heterocycles. The summed E-state index contributed by atoms with van der Waals surface area (Å²) in [4.78, 5) is 4.28. The molecule has 0 aliphatic carbocycles. The minimum atomic E-state index is -0.0997. The molecule has 0 saturated carbocycles. The van der Waals surface area contributed by atoms with Gasteiger partial charge >= 0.3 is 0 Å². The molecule has 0 bridgehead atoms. The van der Waals surface area contributed by atoms with Gasteiger partial charge in [0.2, 0.25) is 0 Å². The molecule has 0 atom stereocenters. The third-order valence-corrected chi connectivity index (χ3v) is 5.06. The molecule has 1 aliphatic rings. The Kier molecular flexibility index (Phi) is 11.2. The summed E-state index contributed by atoms with van der Waals surface area (Å²) >= 11 is 12.6. The maximum absolute atomic E-state index is 6.50. The Morgan fingerprint density at radius 2 is 2.00 bits per heavy atom. The molecule has 1 saturated heterocycles. The molecule has 0 amide bonds. The Morgan fingerprint density at radius 3 is 2.62 bits per heavy atom. The van der Waals surface area contributed by atoms with Gasteiger partial charge in [0.05, 0.1) is 6.61 Å². The number of aliphatic imine (C=N–C) groups is 1. The number of hydrogen-bond acceptors (Lipinski definition) is 3. The zero-order chi connectivity index (χ0) is 18.1. The molecule has 8 heteroatoms. The number of nitrogens with one attached hydrogen (secondary N) is 2. The first-order valence-corrected chi connectivity index (χ1v) is 9.42. The molecule has 1 heterocycles. The molecule has 0 radical (unpaired) electrons. The summed E-state index contributed by atoms with van der Waals surface area (Å²) in [6.07, 6.45) is 1.80. The number of benzene rings is 1. The van der Waals surface area contributed by atoms with E-state index in [1.165, 1.54) is 0 Å². The monoisotopic (exact) mass is 515 g/mol. The van der Waals surface area contributed by atoms with Gasteiger partial charge in [-0.05, 0) is 37.5 Å². The summed E-state index contributed by atoms with van der Waals surface area (Å²) in [6.45, 7) is 6.23. The second-order valence-electron chi connectivity index (χ2n) is 6.07. The smallest absolute Gasteiger partial charge is 0.191 e. The average Bonchev–Trinajstić information content (AvgIpc) is 2.62. The zero-order valence-electron chi connectivity index (χ0n) is 15.3. The highest BCUT2D eigenvalue weighted by molar-refractivity contribution is 14.0. The van der Waals surface area contributed by atoms with Crippen molar-refractivity contribution in [2.75, 3.05) is 46.6 Å². The number of rotatable bonds is 7. The van der Waals surface area contributed by atoms with Crippen molar-refractivity contribution >= 4 is 53.1 Å². The van der Waals surface area contributed by atoms with E-state index in [0.717, 1.165) is 44.1 Å². The molecule has 2 N–H and O–H groups in total. The van der Waals surface area contributed by atoms with Crippen molar-refractivity contribution in [3.8, 4) is 0 Å². The maximum Gasteiger partial charge on any atom is 0.191 e. The molecular weight excluding hydrogens is 488 g/mol. The molecule has 0 unspecified atom stereocenters. The summed E-state index contributed by atoms with van der Waals surface area (Å²) < 4.78 is 10.9. The Labute approximate surface area is 183 Å². The normalized spacial score (nSPS) is 16.7. The first-order valence-electron chi connectivity index (χ1n) is 8.67. The van der Waals surface area contributed by atoms with Crippen LogP contribution in [0, 0.1) is 0 Å². The van der Waals surface area contributed by atoms with Crippen LogP contribution in [-0.2, 0) is 14.9 Å². The lowest BCUT2D eigenvalue weighted by Gasteiger charge is -2.39. The highest BCUT2D eigenvalue weighted by Gasteiger charge is 2.36. The van der Waals surface area contributed by atoms with E-state index in [-0.39, 0.29) is 29.4 Å². The van der Waals surface area contributed by atoms with Gasteiger partial charge in [-0.1, -0.05) is 29.3 Å². The van der Waals surface area contributed by atoms with E-state index in [4.69, 9.17) is 32.7 Å². The molecule has 1 aromatic rings. The largest absolute Gasteiger partial charge is 0.381 e. The van der Waals surface area contributed by atoms with Crippen molar-refractivity contribution in [2.24, 2.45) is 4.99 Å². The van der Waals surface area contributed by atoms with Crippen LogP contribution in [0.3, 0.4) is 0 Å². The molecule has 2 rings (SSSR count). The van der Waals surface area contributed by atoms with Crippen LogP contribution in [-0.4, -0.2) is 52.5 Å². The van der Waals surface area contributed by atoms with Gasteiger partial charge in [0, 0.05) is 55.4 Å². The molecule has 1 aromatic carbocycles. The summed E-state index contributed by atoms with van der Waals surface area (Å²) in [7, 11) is 1.77. The lowest BCUT2D eigenvalue weighted by Crippen LogP contribution is -2.48. The van der Waals surface area contributed by atoms with Crippen LogP contribution >= 0.6 is 47.2 Å². The van der Waals surface area contributed by atoms with Crippen LogP contribution in [0.15, 0.2) is 23.2 Å². The van der Waals surface area contributed by atoms with Crippen LogP contribution < -0.4 is 10.6 Å². The average molecular weight is 516 g/mol. The SMILES string of the molecule is CCOCCNC(=NC)NCC1(c2ccc(Cl)cc2Cl)CCOCC1.I. The van der Waals surface area contributed by atoms with Crippen LogP contribution in [0.4, 0.5) is 0 Å².